The number of nitrogens with zero attached hydrogens (tertiary/aromatic N) is 1. The summed E-state index contributed by atoms with van der Waals surface area (Å²) in [6, 6.07) is 9.69. The molecule has 8 heteroatoms. The SMILES string of the molecule is CCNC(=O)NC1=NC=C(Cc2ccc(OC)c(-c3cccc(Cl)c3)c2F)CC1=O. The van der Waals surface area contributed by atoms with Crippen LogP contribution in [0.4, 0.5) is 9.18 Å². The van der Waals surface area contributed by atoms with E-state index < -0.39 is 11.8 Å². The lowest BCUT2D eigenvalue weighted by Crippen LogP contribution is -2.43. The molecule has 1 heterocycles. The molecule has 1 aliphatic heterocycles. The molecular formula is C22H21ClFN3O3. The molecule has 0 radical (unpaired) electrons. The Bertz CT molecular complexity index is 1050. The lowest BCUT2D eigenvalue weighted by molar-refractivity contribution is -0.112. The molecule has 0 aliphatic carbocycles. The van der Waals surface area contributed by atoms with E-state index in [2.05, 4.69) is 15.6 Å². The summed E-state index contributed by atoms with van der Waals surface area (Å²) in [5.74, 6) is -0.416. The fourth-order valence-electron chi connectivity index (χ4n) is 3.15. The Morgan fingerprint density at radius 3 is 2.77 bits per heavy atom. The second-order valence-corrected chi connectivity index (χ2v) is 7.09. The number of hydrogen-bond donors (Lipinski definition) is 2. The van der Waals surface area contributed by atoms with E-state index in [1.165, 1.54) is 13.3 Å². The number of allylic oxidation sites excluding steroid dienone is 1. The van der Waals surface area contributed by atoms with Gasteiger partial charge in [0.05, 0.1) is 12.7 Å². The van der Waals surface area contributed by atoms with Crippen molar-refractivity contribution in [3.63, 3.8) is 0 Å². The van der Waals surface area contributed by atoms with Crippen molar-refractivity contribution in [1.29, 1.82) is 0 Å². The molecule has 0 bridgehead atoms. The van der Waals surface area contributed by atoms with Gasteiger partial charge in [-0.3, -0.25) is 10.1 Å². The highest BCUT2D eigenvalue weighted by atomic mass is 35.5. The number of carbonyl (C=O) groups is 2. The summed E-state index contributed by atoms with van der Waals surface area (Å²) in [5.41, 5.74) is 1.95. The number of ether oxygens (including phenoxy) is 1. The maximum atomic E-state index is 15.4. The van der Waals surface area contributed by atoms with Crippen molar-refractivity contribution in [2.24, 2.45) is 4.99 Å². The Morgan fingerprint density at radius 1 is 1.30 bits per heavy atom. The van der Waals surface area contributed by atoms with E-state index in [9.17, 15) is 9.59 Å². The first kappa shape index (κ1) is 21.5. The quantitative estimate of drug-likeness (QED) is 0.744. The number of methoxy groups -OCH3 is 1. The van der Waals surface area contributed by atoms with Crippen LogP contribution in [-0.4, -0.2) is 31.3 Å². The predicted molar refractivity (Wildman–Crippen MR) is 114 cm³/mol. The number of carbonyl (C=O) groups excluding carboxylic acids is 2. The Balaban J connectivity index is 1.88. The lowest BCUT2D eigenvalue weighted by atomic mass is 9.95. The number of benzene rings is 2. The molecular weight excluding hydrogens is 409 g/mol. The smallest absolute Gasteiger partial charge is 0.320 e. The minimum Gasteiger partial charge on any atom is -0.496 e. The molecule has 2 aromatic carbocycles. The summed E-state index contributed by atoms with van der Waals surface area (Å²) in [7, 11) is 1.47. The van der Waals surface area contributed by atoms with Crippen molar-refractivity contribution in [3.05, 3.63) is 64.6 Å². The number of hydrogen-bond acceptors (Lipinski definition) is 4. The number of urea groups is 1. The molecule has 30 heavy (non-hydrogen) atoms. The van der Waals surface area contributed by atoms with Crippen LogP contribution in [0.5, 0.6) is 5.75 Å². The van der Waals surface area contributed by atoms with Gasteiger partial charge in [-0.2, -0.15) is 0 Å². The van der Waals surface area contributed by atoms with Gasteiger partial charge in [-0.15, -0.1) is 0 Å². The van der Waals surface area contributed by atoms with Gasteiger partial charge in [-0.05, 0) is 48.2 Å². The highest BCUT2D eigenvalue weighted by Crippen LogP contribution is 2.36. The molecule has 0 atom stereocenters. The van der Waals surface area contributed by atoms with Gasteiger partial charge in [-0.1, -0.05) is 29.8 Å². The minimum absolute atomic E-state index is 0.0282. The molecule has 1 aliphatic rings. The standard InChI is InChI=1S/C22H21ClFN3O3/c1-3-25-22(29)27-21-17(28)10-13(12-26-21)9-15-7-8-18(30-2)19(20(15)24)14-5-4-6-16(23)11-14/h4-8,11-12H,3,9-10H2,1-2H3,(H2,25,26,27,29). The lowest BCUT2D eigenvalue weighted by Gasteiger charge is -2.16. The van der Waals surface area contributed by atoms with Crippen LogP contribution in [0.15, 0.2) is 53.2 Å². The highest BCUT2D eigenvalue weighted by Gasteiger charge is 2.22. The van der Waals surface area contributed by atoms with Crippen molar-refractivity contribution >= 4 is 29.3 Å². The second-order valence-electron chi connectivity index (χ2n) is 6.65. The zero-order valence-corrected chi connectivity index (χ0v) is 17.3. The Kier molecular flexibility index (Phi) is 6.84. The predicted octanol–water partition coefficient (Wildman–Crippen LogP) is 4.27. The Hall–Kier alpha value is -3.19. The van der Waals surface area contributed by atoms with Crippen molar-refractivity contribution in [3.8, 4) is 16.9 Å². The third-order valence-electron chi connectivity index (χ3n) is 4.53. The van der Waals surface area contributed by atoms with Crippen molar-refractivity contribution in [2.75, 3.05) is 13.7 Å². The number of amides is 2. The van der Waals surface area contributed by atoms with Crippen molar-refractivity contribution in [2.45, 2.75) is 19.8 Å². The summed E-state index contributed by atoms with van der Waals surface area (Å²) in [5, 5.41) is 5.44. The summed E-state index contributed by atoms with van der Waals surface area (Å²) >= 11 is 6.06. The largest absolute Gasteiger partial charge is 0.496 e. The first-order chi connectivity index (χ1) is 14.4. The van der Waals surface area contributed by atoms with Crippen LogP contribution < -0.4 is 15.4 Å². The fourth-order valence-corrected chi connectivity index (χ4v) is 3.34. The molecule has 0 spiro atoms. The van der Waals surface area contributed by atoms with Crippen LogP contribution >= 0.6 is 11.6 Å². The van der Waals surface area contributed by atoms with Crippen LogP contribution in [0.3, 0.4) is 0 Å². The topological polar surface area (TPSA) is 79.8 Å². The molecule has 6 nitrogen and oxygen atoms in total. The number of Topliss-reactive ketones (excluding diaryl/α,β-unsaturated/α-hetero) is 1. The molecule has 156 valence electrons. The third kappa shape index (κ3) is 4.86. The zero-order valence-electron chi connectivity index (χ0n) is 16.6. The van der Waals surface area contributed by atoms with Crippen LogP contribution in [0.1, 0.15) is 18.9 Å². The first-order valence-corrected chi connectivity index (χ1v) is 9.75. The number of aliphatic imine (C=N–C) groups is 1. The molecule has 3 rings (SSSR count). The van der Waals surface area contributed by atoms with E-state index in [0.29, 0.717) is 39.6 Å². The monoisotopic (exact) mass is 429 g/mol. The Morgan fingerprint density at radius 2 is 2.10 bits per heavy atom. The van der Waals surface area contributed by atoms with Gasteiger partial charge in [0.25, 0.3) is 0 Å². The number of ketones is 1. The van der Waals surface area contributed by atoms with Gasteiger partial charge < -0.3 is 10.1 Å². The summed E-state index contributed by atoms with van der Waals surface area (Å²) < 4.78 is 20.7. The van der Waals surface area contributed by atoms with Crippen LogP contribution in [0, 0.1) is 5.82 Å². The molecule has 2 aromatic rings. The normalized spacial score (nSPS) is 13.4. The fraction of sp³-hybridized carbons (Fsp3) is 0.227. The third-order valence-corrected chi connectivity index (χ3v) is 4.77. The van der Waals surface area contributed by atoms with Crippen LogP contribution in [0.2, 0.25) is 5.02 Å². The Labute approximate surface area is 178 Å². The summed E-state index contributed by atoms with van der Waals surface area (Å²) in [6.07, 6.45) is 1.74. The van der Waals surface area contributed by atoms with Crippen LogP contribution in [0.25, 0.3) is 11.1 Å². The second kappa shape index (κ2) is 9.54. The number of halogens is 2. The van der Waals surface area contributed by atoms with Gasteiger partial charge in [0.2, 0.25) is 5.78 Å². The number of rotatable bonds is 5. The molecule has 0 unspecified atom stereocenters. The number of nitrogens with one attached hydrogen (secondary N) is 2. The van der Waals surface area contributed by atoms with E-state index >= 15 is 4.39 Å². The van der Waals surface area contributed by atoms with Gasteiger partial charge in [0.1, 0.15) is 11.6 Å². The zero-order chi connectivity index (χ0) is 21.7. The van der Waals surface area contributed by atoms with E-state index in [-0.39, 0.29) is 24.5 Å². The van der Waals surface area contributed by atoms with Gasteiger partial charge >= 0.3 is 6.03 Å². The molecule has 0 fully saturated rings. The van der Waals surface area contributed by atoms with Crippen molar-refractivity contribution < 1.29 is 18.7 Å². The van der Waals surface area contributed by atoms with Crippen molar-refractivity contribution in [1.82, 2.24) is 10.6 Å². The van der Waals surface area contributed by atoms with E-state index in [4.69, 9.17) is 16.3 Å². The maximum Gasteiger partial charge on any atom is 0.320 e. The average molecular weight is 430 g/mol. The first-order valence-electron chi connectivity index (χ1n) is 9.38. The summed E-state index contributed by atoms with van der Waals surface area (Å²) in [6.45, 7) is 2.20. The van der Waals surface area contributed by atoms with E-state index in [0.717, 1.165) is 0 Å². The number of amidine groups is 1. The van der Waals surface area contributed by atoms with Gasteiger partial charge in [0, 0.05) is 24.2 Å². The molecule has 2 N–H and O–H groups in total. The maximum absolute atomic E-state index is 15.4. The summed E-state index contributed by atoms with van der Waals surface area (Å²) in [4.78, 5) is 27.9. The van der Waals surface area contributed by atoms with Gasteiger partial charge in [-0.25, -0.2) is 14.2 Å². The molecule has 0 saturated carbocycles. The van der Waals surface area contributed by atoms with Gasteiger partial charge in [0.15, 0.2) is 5.84 Å². The molecule has 0 saturated heterocycles. The van der Waals surface area contributed by atoms with E-state index in [1.54, 1.807) is 43.3 Å². The van der Waals surface area contributed by atoms with Crippen LogP contribution in [-0.2, 0) is 11.2 Å². The average Bonchev–Trinajstić information content (AvgIpc) is 2.71. The molecule has 0 aromatic heterocycles. The highest BCUT2D eigenvalue weighted by molar-refractivity contribution is 6.42. The van der Waals surface area contributed by atoms with E-state index in [1.807, 2.05) is 0 Å². The molecule has 2 amide bonds. The minimum atomic E-state index is -0.492.